The maximum Gasteiger partial charge on any atom is 1.00 e. The zero-order valence-corrected chi connectivity index (χ0v) is 5.24. The van der Waals surface area contributed by atoms with Gasteiger partial charge in [0.05, 0.1) is 0 Å². The summed E-state index contributed by atoms with van der Waals surface area (Å²) in [5.41, 5.74) is 0. The second kappa shape index (κ2) is 3.71. The minimum Gasteiger partial charge on any atom is -0.529 e. The van der Waals surface area contributed by atoms with Crippen molar-refractivity contribution in [3.63, 3.8) is 0 Å². The quantitative estimate of drug-likeness (QED) is 0.299. The molecule has 0 aromatic rings. The third kappa shape index (κ3) is 11.4. The van der Waals surface area contributed by atoms with Gasteiger partial charge in [0.25, 0.3) is 0 Å². The molecule has 0 aliphatic rings. The first-order valence-corrected chi connectivity index (χ1v) is 2.73. The fraction of sp³-hybridized carbons (Fsp3) is 0. The number of rotatable bonds is 1. The van der Waals surface area contributed by atoms with E-state index in [0.29, 0.717) is 4.72 Å². The van der Waals surface area contributed by atoms with Crippen LogP contribution in [0.3, 0.4) is 0 Å². The SMILES string of the molecule is O=C([O-])NS(=O)(=O)F.[Li+]. The van der Waals surface area contributed by atoms with Gasteiger partial charge in [-0.15, -0.1) is 0 Å². The topological polar surface area (TPSA) is 86.3 Å². The Labute approximate surface area is 62.8 Å². The monoisotopic (exact) mass is 149 g/mol. The van der Waals surface area contributed by atoms with E-state index in [4.69, 9.17) is 0 Å². The number of nitrogens with one attached hydrogen (secondary N) is 1. The van der Waals surface area contributed by atoms with Gasteiger partial charge in [0.15, 0.2) is 0 Å². The molecule has 0 bridgehead atoms. The summed E-state index contributed by atoms with van der Waals surface area (Å²) < 4.78 is 30.1. The van der Waals surface area contributed by atoms with E-state index in [9.17, 15) is 22.2 Å². The number of halogens is 1. The number of hydrogen-bond donors (Lipinski definition) is 1. The second-order valence-corrected chi connectivity index (χ2v) is 1.91. The average Bonchev–Trinajstić information content (AvgIpc) is 1.21. The standard InChI is InChI=1S/CH2FNO4S.Li/c2-8(6,7)3-1(4)5;/h3H,(H,4,5);/q;+1/p-1. The third-order valence-electron chi connectivity index (χ3n) is 0.205. The van der Waals surface area contributed by atoms with Gasteiger partial charge in [-0.1, -0.05) is 3.89 Å². The van der Waals surface area contributed by atoms with Crippen molar-refractivity contribution in [3.05, 3.63) is 0 Å². The predicted molar refractivity (Wildman–Crippen MR) is 18.6 cm³/mol. The molecule has 0 atom stereocenters. The van der Waals surface area contributed by atoms with Crippen molar-refractivity contribution in [2.75, 3.05) is 0 Å². The maximum absolute atomic E-state index is 11.1. The number of carbonyl (C=O) groups is 1. The maximum atomic E-state index is 11.1. The average molecular weight is 149 g/mol. The molecule has 0 fully saturated rings. The Bertz CT molecular complexity index is 187. The van der Waals surface area contributed by atoms with Gasteiger partial charge in [-0.25, -0.2) is 4.72 Å². The molecule has 5 nitrogen and oxygen atoms in total. The van der Waals surface area contributed by atoms with Gasteiger partial charge in [0.2, 0.25) is 0 Å². The molecule has 48 valence electrons. The Balaban J connectivity index is 0. The number of hydrogen-bond acceptors (Lipinski definition) is 4. The van der Waals surface area contributed by atoms with Crippen LogP contribution in [0.4, 0.5) is 8.68 Å². The van der Waals surface area contributed by atoms with E-state index in [1.165, 1.54) is 0 Å². The van der Waals surface area contributed by atoms with E-state index >= 15 is 0 Å². The second-order valence-electron chi connectivity index (χ2n) is 0.827. The minimum atomic E-state index is -5.14. The van der Waals surface area contributed by atoms with Gasteiger partial charge in [-0.3, -0.25) is 0 Å². The van der Waals surface area contributed by atoms with Crippen LogP contribution in [-0.2, 0) is 10.4 Å². The Morgan fingerprint density at radius 1 is 1.56 bits per heavy atom. The van der Waals surface area contributed by atoms with Crippen molar-refractivity contribution in [1.29, 1.82) is 0 Å². The first-order valence-electron chi connectivity index (χ1n) is 1.35. The summed E-state index contributed by atoms with van der Waals surface area (Å²) in [4.78, 5) is 9.17. The molecule has 9 heavy (non-hydrogen) atoms. The fourth-order valence-corrected chi connectivity index (χ4v) is 0.299. The molecule has 0 aromatic heterocycles. The van der Waals surface area contributed by atoms with Gasteiger partial charge in [0.1, 0.15) is 6.09 Å². The van der Waals surface area contributed by atoms with Crippen molar-refractivity contribution in [1.82, 2.24) is 4.72 Å². The molecule has 8 heteroatoms. The van der Waals surface area contributed by atoms with Gasteiger partial charge in [-0.05, 0) is 0 Å². The first-order chi connectivity index (χ1) is 3.42. The molecule has 1 amide bonds. The Morgan fingerprint density at radius 3 is 1.89 bits per heavy atom. The van der Waals surface area contributed by atoms with Crippen molar-refractivity contribution < 1.29 is 41.1 Å². The molecule has 0 rings (SSSR count). The Morgan fingerprint density at radius 2 is 1.89 bits per heavy atom. The molecule has 0 heterocycles. The molecule has 0 aliphatic carbocycles. The van der Waals surface area contributed by atoms with Crippen LogP contribution >= 0.6 is 0 Å². The van der Waals surface area contributed by atoms with E-state index in [2.05, 4.69) is 0 Å². The van der Waals surface area contributed by atoms with E-state index < -0.39 is 16.5 Å². The zero-order valence-electron chi connectivity index (χ0n) is 4.42. The van der Waals surface area contributed by atoms with Gasteiger partial charge >= 0.3 is 29.3 Å². The number of carbonyl (C=O) groups excluding carboxylic acids is 1. The van der Waals surface area contributed by atoms with E-state index in [0.717, 1.165) is 0 Å². The minimum absolute atomic E-state index is 0. The van der Waals surface area contributed by atoms with Crippen LogP contribution in [0.2, 0.25) is 0 Å². The smallest absolute Gasteiger partial charge is 0.529 e. The van der Waals surface area contributed by atoms with Crippen LogP contribution in [0, 0.1) is 0 Å². The van der Waals surface area contributed by atoms with Gasteiger partial charge in [-0.2, -0.15) is 8.42 Å². The molecular weight excluding hydrogens is 148 g/mol. The van der Waals surface area contributed by atoms with Crippen molar-refractivity contribution in [2.24, 2.45) is 0 Å². The normalized spacial score (nSPS) is 9.44. The van der Waals surface area contributed by atoms with Crippen molar-refractivity contribution in [3.8, 4) is 0 Å². The van der Waals surface area contributed by atoms with Crippen molar-refractivity contribution >= 4 is 16.5 Å². The van der Waals surface area contributed by atoms with Gasteiger partial charge in [0, 0.05) is 0 Å². The van der Waals surface area contributed by atoms with Gasteiger partial charge < -0.3 is 9.90 Å². The number of amides is 1. The summed E-state index contributed by atoms with van der Waals surface area (Å²) in [5.74, 6) is 0. The molecule has 0 saturated heterocycles. The fourth-order valence-electron chi connectivity index (χ4n) is 0.0995. The van der Waals surface area contributed by atoms with E-state index in [-0.39, 0.29) is 18.9 Å². The van der Waals surface area contributed by atoms with Crippen LogP contribution in [0.25, 0.3) is 0 Å². The predicted octanol–water partition coefficient (Wildman–Crippen LogP) is -4.86. The Kier molecular flexibility index (Phi) is 4.76. The molecule has 0 aliphatic heterocycles. The number of carboxylic acid groups (broad SMARTS) is 1. The molecule has 0 radical (unpaired) electrons. The molecule has 0 spiro atoms. The molecule has 1 N–H and O–H groups in total. The summed E-state index contributed by atoms with van der Waals surface area (Å²) in [6, 6.07) is 0. The first kappa shape index (κ1) is 11.5. The van der Waals surface area contributed by atoms with Crippen LogP contribution in [-0.4, -0.2) is 14.5 Å². The summed E-state index contributed by atoms with van der Waals surface area (Å²) in [6.45, 7) is 0. The van der Waals surface area contributed by atoms with Crippen LogP contribution in [0.15, 0.2) is 0 Å². The van der Waals surface area contributed by atoms with E-state index in [1.54, 1.807) is 0 Å². The largest absolute Gasteiger partial charge is 1.00 e. The molecular formula is CHFLiNO4S. The van der Waals surface area contributed by atoms with E-state index in [1.807, 2.05) is 0 Å². The third-order valence-corrected chi connectivity index (χ3v) is 0.616. The van der Waals surface area contributed by atoms with Crippen LogP contribution in [0.1, 0.15) is 0 Å². The molecule has 0 aromatic carbocycles. The molecule has 0 saturated carbocycles. The zero-order chi connectivity index (χ0) is 6.78. The van der Waals surface area contributed by atoms with Crippen molar-refractivity contribution in [2.45, 2.75) is 0 Å². The summed E-state index contributed by atoms with van der Waals surface area (Å²) in [6.07, 6.45) is -2.19. The summed E-state index contributed by atoms with van der Waals surface area (Å²) >= 11 is 0. The van der Waals surface area contributed by atoms with Crippen LogP contribution in [0.5, 0.6) is 0 Å². The van der Waals surface area contributed by atoms with Crippen LogP contribution < -0.4 is 28.7 Å². The summed E-state index contributed by atoms with van der Waals surface area (Å²) in [7, 11) is -5.14. The summed E-state index contributed by atoms with van der Waals surface area (Å²) in [5, 5.41) is 9.17. The Hall–Kier alpha value is -0.253. The molecule has 0 unspecified atom stereocenters.